The summed E-state index contributed by atoms with van der Waals surface area (Å²) in [7, 11) is -3.63. The fourth-order valence-corrected chi connectivity index (χ4v) is 2.96. The van der Waals surface area contributed by atoms with E-state index in [0.717, 1.165) is 0 Å². The molecule has 1 aliphatic heterocycles. The first kappa shape index (κ1) is 12.1. The standard InChI is InChI=1S/C6H7Cl3N2O2S/c1-2-14(12,13)6(9)10-4(7)3-5(8)11-6/h3,10H,2H2,1H3. The molecule has 14 heavy (non-hydrogen) atoms. The van der Waals surface area contributed by atoms with E-state index >= 15 is 0 Å². The van der Waals surface area contributed by atoms with E-state index in [1.165, 1.54) is 13.0 Å². The number of nitrogens with zero attached hydrogens (tertiary/aromatic N) is 1. The highest BCUT2D eigenvalue weighted by Crippen LogP contribution is 2.28. The molecule has 0 spiro atoms. The molecule has 0 fully saturated rings. The third-order valence-corrected chi connectivity index (χ3v) is 4.62. The van der Waals surface area contributed by atoms with E-state index in [-0.39, 0.29) is 16.1 Å². The third kappa shape index (κ3) is 2.16. The van der Waals surface area contributed by atoms with Crippen molar-refractivity contribution in [3.8, 4) is 0 Å². The molecule has 0 saturated heterocycles. The highest BCUT2D eigenvalue weighted by molar-refractivity contribution is 7.94. The second-order valence-corrected chi connectivity index (χ2v) is 6.48. The van der Waals surface area contributed by atoms with Crippen LogP contribution in [-0.4, -0.2) is 23.8 Å². The van der Waals surface area contributed by atoms with Crippen LogP contribution in [0.4, 0.5) is 0 Å². The van der Waals surface area contributed by atoms with E-state index in [1.54, 1.807) is 0 Å². The number of nitrogens with one attached hydrogen (secondary N) is 1. The van der Waals surface area contributed by atoms with Crippen LogP contribution in [0.1, 0.15) is 6.92 Å². The first-order valence-corrected chi connectivity index (χ1v) is 6.41. The molecule has 1 unspecified atom stereocenters. The van der Waals surface area contributed by atoms with Crippen molar-refractivity contribution in [2.45, 2.75) is 11.4 Å². The van der Waals surface area contributed by atoms with Gasteiger partial charge in [0.2, 0.25) is 9.84 Å². The highest BCUT2D eigenvalue weighted by atomic mass is 35.5. The second kappa shape index (κ2) is 3.89. The van der Waals surface area contributed by atoms with Gasteiger partial charge in [0.05, 0.1) is 5.75 Å². The van der Waals surface area contributed by atoms with Crippen molar-refractivity contribution in [3.63, 3.8) is 0 Å². The monoisotopic (exact) mass is 276 g/mol. The zero-order valence-corrected chi connectivity index (χ0v) is 10.2. The van der Waals surface area contributed by atoms with Crippen molar-refractivity contribution in [1.29, 1.82) is 0 Å². The van der Waals surface area contributed by atoms with Gasteiger partial charge >= 0.3 is 4.45 Å². The molecule has 0 bridgehead atoms. The van der Waals surface area contributed by atoms with Crippen LogP contribution >= 0.6 is 34.8 Å². The lowest BCUT2D eigenvalue weighted by Crippen LogP contribution is -2.47. The first-order valence-electron chi connectivity index (χ1n) is 3.62. The maximum atomic E-state index is 11.5. The van der Waals surface area contributed by atoms with E-state index in [4.69, 9.17) is 34.8 Å². The maximum absolute atomic E-state index is 11.5. The van der Waals surface area contributed by atoms with E-state index in [9.17, 15) is 8.42 Å². The molecule has 0 aromatic carbocycles. The SMILES string of the molecule is CCS(=O)(=O)C1(Cl)N=C(Cl)C=C(Cl)N1. The predicted octanol–water partition coefficient (Wildman–Crippen LogP) is 1.59. The molecule has 1 heterocycles. The molecular weight excluding hydrogens is 271 g/mol. The zero-order chi connectivity index (χ0) is 11.0. The lowest BCUT2D eigenvalue weighted by Gasteiger charge is -2.26. The molecule has 0 saturated carbocycles. The largest absolute Gasteiger partial charge is 0.326 e. The van der Waals surface area contributed by atoms with Crippen molar-refractivity contribution in [1.82, 2.24) is 5.32 Å². The summed E-state index contributed by atoms with van der Waals surface area (Å²) in [5.41, 5.74) is 0. The molecule has 0 aliphatic carbocycles. The van der Waals surface area contributed by atoms with Crippen molar-refractivity contribution >= 4 is 49.8 Å². The van der Waals surface area contributed by atoms with Gasteiger partial charge < -0.3 is 5.32 Å². The first-order chi connectivity index (χ1) is 6.31. The Morgan fingerprint density at radius 2 is 2.14 bits per heavy atom. The lowest BCUT2D eigenvalue weighted by atomic mass is 10.6. The van der Waals surface area contributed by atoms with Gasteiger partial charge in [0.15, 0.2) is 0 Å². The Labute approximate surface area is 96.8 Å². The van der Waals surface area contributed by atoms with Crippen molar-refractivity contribution in [2.24, 2.45) is 4.99 Å². The van der Waals surface area contributed by atoms with Gasteiger partial charge in [0.1, 0.15) is 10.3 Å². The average molecular weight is 278 g/mol. The van der Waals surface area contributed by atoms with Crippen LogP contribution in [0.2, 0.25) is 0 Å². The summed E-state index contributed by atoms with van der Waals surface area (Å²) < 4.78 is 21.1. The van der Waals surface area contributed by atoms with Gasteiger partial charge in [-0.1, -0.05) is 41.7 Å². The molecule has 1 N–H and O–H groups in total. The number of aliphatic imine (C=N–C) groups is 1. The van der Waals surface area contributed by atoms with Gasteiger partial charge in [-0.05, 0) is 0 Å². The average Bonchev–Trinajstić information content (AvgIpc) is 2.01. The molecular formula is C6H7Cl3N2O2S. The topological polar surface area (TPSA) is 58.5 Å². The molecule has 0 aromatic rings. The lowest BCUT2D eigenvalue weighted by molar-refractivity contribution is 0.556. The van der Waals surface area contributed by atoms with Crippen molar-refractivity contribution in [2.75, 3.05) is 5.75 Å². The van der Waals surface area contributed by atoms with Gasteiger partial charge in [0, 0.05) is 6.08 Å². The minimum absolute atomic E-state index is 0.0389. The Bertz CT molecular complexity index is 403. The normalized spacial score (nSPS) is 27.7. The Morgan fingerprint density at radius 1 is 1.57 bits per heavy atom. The third-order valence-electron chi connectivity index (χ3n) is 1.56. The molecule has 0 amide bonds. The summed E-state index contributed by atoms with van der Waals surface area (Å²) in [6.07, 6.45) is 1.27. The number of rotatable bonds is 2. The number of sulfone groups is 1. The van der Waals surface area contributed by atoms with Crippen LogP contribution in [0.3, 0.4) is 0 Å². The summed E-state index contributed by atoms with van der Waals surface area (Å²) in [6, 6.07) is 0. The highest BCUT2D eigenvalue weighted by Gasteiger charge is 2.42. The second-order valence-electron chi connectivity index (χ2n) is 2.52. The summed E-state index contributed by atoms with van der Waals surface area (Å²) >= 11 is 16.9. The Balaban J connectivity index is 3.18. The molecule has 1 aliphatic rings. The Kier molecular flexibility index (Phi) is 3.36. The molecule has 4 nitrogen and oxygen atoms in total. The fourth-order valence-electron chi connectivity index (χ4n) is 0.824. The van der Waals surface area contributed by atoms with E-state index < -0.39 is 14.3 Å². The van der Waals surface area contributed by atoms with Crippen LogP contribution in [0.25, 0.3) is 0 Å². The van der Waals surface area contributed by atoms with Crippen LogP contribution in [0.15, 0.2) is 16.2 Å². The summed E-state index contributed by atoms with van der Waals surface area (Å²) in [5, 5.41) is 2.33. The molecule has 0 radical (unpaired) electrons. The van der Waals surface area contributed by atoms with Gasteiger partial charge in [0.25, 0.3) is 0 Å². The zero-order valence-electron chi connectivity index (χ0n) is 7.09. The quantitative estimate of drug-likeness (QED) is 0.616. The van der Waals surface area contributed by atoms with Crippen LogP contribution < -0.4 is 5.32 Å². The predicted molar refractivity (Wildman–Crippen MR) is 58.4 cm³/mol. The summed E-state index contributed by atoms with van der Waals surface area (Å²) in [5.74, 6) is -0.165. The Morgan fingerprint density at radius 3 is 2.57 bits per heavy atom. The number of hydrogen-bond donors (Lipinski definition) is 1. The van der Waals surface area contributed by atoms with E-state index in [1.807, 2.05) is 0 Å². The minimum Gasteiger partial charge on any atom is -0.326 e. The van der Waals surface area contributed by atoms with E-state index in [0.29, 0.717) is 0 Å². The minimum atomic E-state index is -3.63. The summed E-state index contributed by atoms with van der Waals surface area (Å²) in [6.45, 7) is 1.46. The van der Waals surface area contributed by atoms with Crippen molar-refractivity contribution < 1.29 is 8.42 Å². The van der Waals surface area contributed by atoms with Gasteiger partial charge in [-0.15, -0.1) is 0 Å². The molecule has 1 rings (SSSR count). The van der Waals surface area contributed by atoms with Gasteiger partial charge in [-0.3, -0.25) is 0 Å². The smallest absolute Gasteiger partial charge is 0.312 e. The van der Waals surface area contributed by atoms with Gasteiger partial charge in [-0.2, -0.15) is 0 Å². The molecule has 1 atom stereocenters. The fraction of sp³-hybridized carbons (Fsp3) is 0.500. The van der Waals surface area contributed by atoms with Crippen molar-refractivity contribution in [3.05, 3.63) is 11.2 Å². The van der Waals surface area contributed by atoms with E-state index in [2.05, 4.69) is 10.3 Å². The summed E-state index contributed by atoms with van der Waals surface area (Å²) in [4.78, 5) is 3.59. The molecule has 80 valence electrons. The van der Waals surface area contributed by atoms with Crippen LogP contribution in [0.5, 0.6) is 0 Å². The maximum Gasteiger partial charge on any atom is 0.312 e. The number of allylic oxidation sites excluding steroid dienone is 1. The number of alkyl halides is 1. The number of hydrogen-bond acceptors (Lipinski definition) is 4. The molecule has 0 aromatic heterocycles. The Hall–Kier alpha value is 0.0300. The van der Waals surface area contributed by atoms with Crippen LogP contribution in [-0.2, 0) is 9.84 Å². The van der Waals surface area contributed by atoms with Crippen LogP contribution in [0, 0.1) is 0 Å². The number of halogens is 3. The molecule has 8 heteroatoms. The van der Waals surface area contributed by atoms with Gasteiger partial charge in [-0.25, -0.2) is 13.4 Å².